The molecule has 5 rings (SSSR count). The molecule has 0 bridgehead atoms. The van der Waals surface area contributed by atoms with E-state index in [1.165, 1.54) is 0 Å². The van der Waals surface area contributed by atoms with Crippen molar-refractivity contribution >= 4 is 11.9 Å². The van der Waals surface area contributed by atoms with Crippen LogP contribution >= 0.6 is 0 Å². The fourth-order valence-electron chi connectivity index (χ4n) is 3.93. The normalized spacial score (nSPS) is 18.4. The number of aryl methyl sites for hydroxylation is 1. The van der Waals surface area contributed by atoms with Gasteiger partial charge in [0.05, 0.1) is 6.04 Å². The lowest BCUT2D eigenvalue weighted by Gasteiger charge is -2.19. The second-order valence-electron chi connectivity index (χ2n) is 6.39. The van der Waals surface area contributed by atoms with Gasteiger partial charge in [0.1, 0.15) is 5.82 Å². The fraction of sp³-hybridized carbons (Fsp3) is 0.143. The molecule has 0 fully saturated rings. The number of nitrogens with zero attached hydrogens (tertiary/aromatic N) is 2. The van der Waals surface area contributed by atoms with Crippen LogP contribution in [0.25, 0.3) is 17.5 Å². The highest BCUT2D eigenvalue weighted by Gasteiger charge is 2.32. The monoisotopic (exact) mass is 312 g/mol. The van der Waals surface area contributed by atoms with E-state index in [0.717, 1.165) is 46.5 Å². The smallest absolute Gasteiger partial charge is 0.191 e. The molecule has 116 valence electrons. The van der Waals surface area contributed by atoms with Gasteiger partial charge in [0.15, 0.2) is 5.78 Å². The molecule has 2 heterocycles. The van der Waals surface area contributed by atoms with Crippen molar-refractivity contribution in [3.05, 3.63) is 83.2 Å². The number of benzene rings is 2. The molecule has 3 aromatic rings. The Morgan fingerprint density at radius 1 is 1.00 bits per heavy atom. The van der Waals surface area contributed by atoms with Crippen molar-refractivity contribution in [2.75, 3.05) is 0 Å². The van der Waals surface area contributed by atoms with Gasteiger partial charge < -0.3 is 4.57 Å². The van der Waals surface area contributed by atoms with E-state index in [-0.39, 0.29) is 11.8 Å². The average molecular weight is 312 g/mol. The van der Waals surface area contributed by atoms with Gasteiger partial charge in [0.2, 0.25) is 0 Å². The number of imidazole rings is 1. The van der Waals surface area contributed by atoms with Crippen molar-refractivity contribution in [1.82, 2.24) is 9.55 Å². The van der Waals surface area contributed by atoms with Crippen molar-refractivity contribution < 1.29 is 4.79 Å². The number of carbonyl (C=O) groups is 1. The SMILES string of the molecule is O=C1C2=Cc3ccccc3-c3nccn3[C@@H]2CCc2ccccc21. The Balaban J connectivity index is 1.80. The molecular formula is C21H16N2O. The Labute approximate surface area is 140 Å². The maximum Gasteiger partial charge on any atom is 0.191 e. The zero-order chi connectivity index (χ0) is 16.1. The summed E-state index contributed by atoms with van der Waals surface area (Å²) in [6.45, 7) is 0. The summed E-state index contributed by atoms with van der Waals surface area (Å²) in [5.74, 6) is 1.09. The molecule has 2 aliphatic rings. The molecule has 3 nitrogen and oxygen atoms in total. The number of allylic oxidation sites excluding steroid dienone is 1. The van der Waals surface area contributed by atoms with Crippen LogP contribution in [-0.2, 0) is 6.42 Å². The minimum Gasteiger partial charge on any atom is -0.323 e. The van der Waals surface area contributed by atoms with Gasteiger partial charge in [-0.1, -0.05) is 48.5 Å². The summed E-state index contributed by atoms with van der Waals surface area (Å²) in [4.78, 5) is 17.8. The highest BCUT2D eigenvalue weighted by molar-refractivity contribution is 6.13. The molecule has 0 saturated carbocycles. The molecule has 1 aliphatic heterocycles. The molecule has 3 heteroatoms. The summed E-state index contributed by atoms with van der Waals surface area (Å²) < 4.78 is 2.17. The summed E-state index contributed by atoms with van der Waals surface area (Å²) in [6, 6.07) is 16.2. The third kappa shape index (κ3) is 1.84. The first-order chi connectivity index (χ1) is 11.8. The number of Topliss-reactive ketones (excluding diaryl/α,β-unsaturated/α-hetero) is 1. The van der Waals surface area contributed by atoms with Crippen LogP contribution in [0.1, 0.15) is 33.9 Å². The Morgan fingerprint density at radius 3 is 2.71 bits per heavy atom. The van der Waals surface area contributed by atoms with Crippen molar-refractivity contribution in [3.63, 3.8) is 0 Å². The van der Waals surface area contributed by atoms with E-state index in [0.29, 0.717) is 0 Å². The molecule has 0 unspecified atom stereocenters. The van der Waals surface area contributed by atoms with E-state index in [9.17, 15) is 4.79 Å². The van der Waals surface area contributed by atoms with Crippen LogP contribution in [0.4, 0.5) is 0 Å². The standard InChI is InChI=1S/C21H16N2O/c24-20-16-7-3-1-5-14(16)9-10-19-18(20)13-15-6-2-4-8-17(15)21-22-11-12-23(19)21/h1-8,11-13,19H,9-10H2/t19-/m1/s1. The summed E-state index contributed by atoms with van der Waals surface area (Å²) in [7, 11) is 0. The third-order valence-corrected chi connectivity index (χ3v) is 5.09. The van der Waals surface area contributed by atoms with Crippen molar-refractivity contribution in [3.8, 4) is 11.4 Å². The van der Waals surface area contributed by atoms with Crippen LogP contribution in [0.2, 0.25) is 0 Å². The Bertz CT molecular complexity index is 996. The largest absolute Gasteiger partial charge is 0.323 e. The first kappa shape index (κ1) is 13.5. The second-order valence-corrected chi connectivity index (χ2v) is 6.39. The minimum absolute atomic E-state index is 0.0369. The Kier molecular flexibility index (Phi) is 2.83. The number of ketones is 1. The van der Waals surface area contributed by atoms with Gasteiger partial charge in [-0.15, -0.1) is 0 Å². The lowest BCUT2D eigenvalue weighted by molar-refractivity contribution is 0.102. The minimum atomic E-state index is 0.0369. The molecule has 1 atom stereocenters. The van der Waals surface area contributed by atoms with E-state index in [2.05, 4.69) is 33.8 Å². The lowest BCUT2D eigenvalue weighted by atomic mass is 9.96. The van der Waals surface area contributed by atoms with Gasteiger partial charge in [-0.25, -0.2) is 4.98 Å². The topological polar surface area (TPSA) is 34.9 Å². The molecular weight excluding hydrogens is 296 g/mol. The van der Waals surface area contributed by atoms with Gasteiger partial charge in [0, 0.05) is 29.1 Å². The Hall–Kier alpha value is -2.94. The van der Waals surface area contributed by atoms with Gasteiger partial charge in [-0.2, -0.15) is 0 Å². The van der Waals surface area contributed by atoms with E-state index in [1.54, 1.807) is 0 Å². The fourth-order valence-corrected chi connectivity index (χ4v) is 3.93. The van der Waals surface area contributed by atoms with Crippen LogP contribution in [0.3, 0.4) is 0 Å². The average Bonchev–Trinajstić information content (AvgIpc) is 3.00. The zero-order valence-corrected chi connectivity index (χ0v) is 13.1. The molecule has 1 aromatic heterocycles. The number of aromatic nitrogens is 2. The molecule has 2 aromatic carbocycles. The van der Waals surface area contributed by atoms with E-state index in [4.69, 9.17) is 0 Å². The van der Waals surface area contributed by atoms with E-state index < -0.39 is 0 Å². The first-order valence-corrected chi connectivity index (χ1v) is 8.29. The van der Waals surface area contributed by atoms with Gasteiger partial charge in [0.25, 0.3) is 0 Å². The van der Waals surface area contributed by atoms with Gasteiger partial charge in [-0.3, -0.25) is 4.79 Å². The van der Waals surface area contributed by atoms with Crippen LogP contribution in [-0.4, -0.2) is 15.3 Å². The third-order valence-electron chi connectivity index (χ3n) is 5.09. The predicted molar refractivity (Wildman–Crippen MR) is 93.8 cm³/mol. The molecule has 0 N–H and O–H groups in total. The molecule has 0 spiro atoms. The number of hydrogen-bond acceptors (Lipinski definition) is 2. The van der Waals surface area contributed by atoms with E-state index >= 15 is 0 Å². The summed E-state index contributed by atoms with van der Waals surface area (Å²) >= 11 is 0. The number of carbonyl (C=O) groups excluding carboxylic acids is 1. The van der Waals surface area contributed by atoms with Crippen LogP contribution in [0, 0.1) is 0 Å². The van der Waals surface area contributed by atoms with Gasteiger partial charge >= 0.3 is 0 Å². The second kappa shape index (κ2) is 5.03. The van der Waals surface area contributed by atoms with Crippen LogP contribution in [0.15, 0.2) is 66.5 Å². The number of hydrogen-bond donors (Lipinski definition) is 0. The summed E-state index contributed by atoms with van der Waals surface area (Å²) in [5.41, 5.74) is 5.00. The highest BCUT2D eigenvalue weighted by atomic mass is 16.1. The molecule has 24 heavy (non-hydrogen) atoms. The van der Waals surface area contributed by atoms with Crippen molar-refractivity contribution in [2.45, 2.75) is 18.9 Å². The van der Waals surface area contributed by atoms with Crippen LogP contribution in [0.5, 0.6) is 0 Å². The summed E-state index contributed by atoms with van der Waals surface area (Å²) in [5, 5.41) is 0. The predicted octanol–water partition coefficient (Wildman–Crippen LogP) is 4.32. The van der Waals surface area contributed by atoms with E-state index in [1.807, 2.05) is 42.7 Å². The maximum atomic E-state index is 13.3. The molecule has 0 radical (unpaired) electrons. The molecule has 1 aliphatic carbocycles. The van der Waals surface area contributed by atoms with Crippen molar-refractivity contribution in [1.29, 1.82) is 0 Å². The first-order valence-electron chi connectivity index (χ1n) is 8.29. The van der Waals surface area contributed by atoms with Gasteiger partial charge in [-0.05, 0) is 30.0 Å². The molecule has 0 amide bonds. The number of fused-ring (bicyclic) bond motifs is 6. The maximum absolute atomic E-state index is 13.3. The zero-order valence-electron chi connectivity index (χ0n) is 13.1. The lowest BCUT2D eigenvalue weighted by Crippen LogP contribution is -2.15. The van der Waals surface area contributed by atoms with Crippen molar-refractivity contribution in [2.24, 2.45) is 0 Å². The number of rotatable bonds is 0. The highest BCUT2D eigenvalue weighted by Crippen LogP contribution is 2.39. The quantitative estimate of drug-likeness (QED) is 0.620. The van der Waals surface area contributed by atoms with Crippen LogP contribution < -0.4 is 0 Å². The Morgan fingerprint density at radius 2 is 1.79 bits per heavy atom. The molecule has 0 saturated heterocycles. The summed E-state index contributed by atoms with van der Waals surface area (Å²) in [6.07, 6.45) is 7.71.